The van der Waals surface area contributed by atoms with Gasteiger partial charge in [0.2, 0.25) is 0 Å². The van der Waals surface area contributed by atoms with Gasteiger partial charge in [0.15, 0.2) is 6.23 Å². The number of nitrogens with zero attached hydrogens (tertiary/aromatic N) is 2. The van der Waals surface area contributed by atoms with Crippen LogP contribution in [0.5, 0.6) is 0 Å². The van der Waals surface area contributed by atoms with E-state index >= 15 is 0 Å². The Kier molecular flexibility index (Phi) is 1.32. The number of hydrogen-bond acceptors (Lipinski definition) is 3. The maximum absolute atomic E-state index is 10.7. The molecule has 0 aliphatic carbocycles. The van der Waals surface area contributed by atoms with Crippen LogP contribution in [0.15, 0.2) is 0 Å². The van der Waals surface area contributed by atoms with Gasteiger partial charge in [0, 0.05) is 14.1 Å². The van der Waals surface area contributed by atoms with Gasteiger partial charge >= 0.3 is 6.09 Å². The molecule has 4 heteroatoms. The summed E-state index contributed by atoms with van der Waals surface area (Å²) in [4.78, 5) is 10.7. The highest BCUT2D eigenvalue weighted by atomic mass is 16.6. The first-order valence-corrected chi connectivity index (χ1v) is 2.80. The average molecular weight is 130 g/mol. The lowest BCUT2D eigenvalue weighted by Gasteiger charge is -2.16. The molecule has 1 fully saturated rings. The topological polar surface area (TPSA) is 32.8 Å². The van der Waals surface area contributed by atoms with E-state index in [1.54, 1.807) is 19.1 Å². The first-order valence-electron chi connectivity index (χ1n) is 2.80. The summed E-state index contributed by atoms with van der Waals surface area (Å²) in [5, 5.41) is 3.16. The normalized spacial score (nSPS) is 29.0. The third-order valence-electron chi connectivity index (χ3n) is 1.54. The van der Waals surface area contributed by atoms with Gasteiger partial charge in [-0.1, -0.05) is 0 Å². The molecule has 0 aromatic heterocycles. The molecule has 1 aliphatic rings. The second-order valence-corrected chi connectivity index (χ2v) is 2.08. The second-order valence-electron chi connectivity index (χ2n) is 2.08. The first-order chi connectivity index (χ1) is 4.13. The van der Waals surface area contributed by atoms with Gasteiger partial charge in [-0.3, -0.25) is 0 Å². The van der Waals surface area contributed by atoms with Gasteiger partial charge in [0.05, 0.1) is 0 Å². The summed E-state index contributed by atoms with van der Waals surface area (Å²) in [5.74, 6) is 0. The summed E-state index contributed by atoms with van der Waals surface area (Å²) in [7, 11) is 3.47. The van der Waals surface area contributed by atoms with Crippen molar-refractivity contribution in [3.05, 3.63) is 0 Å². The summed E-state index contributed by atoms with van der Waals surface area (Å²) in [6.07, 6.45) is -0.410. The van der Waals surface area contributed by atoms with Gasteiger partial charge in [-0.25, -0.2) is 9.80 Å². The molecule has 4 nitrogen and oxygen atoms in total. The Morgan fingerprint density at radius 3 is 2.22 bits per heavy atom. The largest absolute Gasteiger partial charge is 0.428 e. The Bertz CT molecular complexity index is 137. The monoisotopic (exact) mass is 130 g/mol. The summed E-state index contributed by atoms with van der Waals surface area (Å²) in [6, 6.07) is 0. The minimum atomic E-state index is -0.287. The van der Waals surface area contributed by atoms with E-state index in [1.807, 2.05) is 6.92 Å². The highest BCUT2D eigenvalue weighted by Gasteiger charge is 2.30. The van der Waals surface area contributed by atoms with E-state index < -0.39 is 0 Å². The molecule has 52 valence electrons. The van der Waals surface area contributed by atoms with E-state index in [9.17, 15) is 4.79 Å². The molecular weight excluding hydrogens is 120 g/mol. The lowest BCUT2D eigenvalue weighted by molar-refractivity contribution is 0.0334. The number of carbonyl (C=O) groups is 1. The van der Waals surface area contributed by atoms with Gasteiger partial charge in [-0.2, -0.15) is 5.01 Å². The summed E-state index contributed by atoms with van der Waals surface area (Å²) in [6.45, 7) is 1.82. The SMILES string of the molecule is CC1OC(=O)N(C)N1C. The van der Waals surface area contributed by atoms with Gasteiger partial charge in [0.1, 0.15) is 0 Å². The fourth-order valence-corrected chi connectivity index (χ4v) is 0.671. The van der Waals surface area contributed by atoms with Gasteiger partial charge in [-0.15, -0.1) is 0 Å². The van der Waals surface area contributed by atoms with Crippen LogP contribution in [-0.2, 0) is 4.74 Å². The number of cyclic esters (lactones) is 1. The lowest BCUT2D eigenvalue weighted by atomic mass is 10.6. The molecule has 1 unspecified atom stereocenters. The molecule has 1 atom stereocenters. The van der Waals surface area contributed by atoms with Gasteiger partial charge < -0.3 is 4.74 Å². The van der Waals surface area contributed by atoms with Crippen LogP contribution in [0.3, 0.4) is 0 Å². The third-order valence-corrected chi connectivity index (χ3v) is 1.54. The zero-order valence-corrected chi connectivity index (χ0v) is 5.79. The van der Waals surface area contributed by atoms with Crippen LogP contribution in [0.25, 0.3) is 0 Å². The molecular formula is C5H10N2O2. The quantitative estimate of drug-likeness (QED) is 0.471. The maximum Gasteiger partial charge on any atom is 0.425 e. The Morgan fingerprint density at radius 1 is 1.56 bits per heavy atom. The van der Waals surface area contributed by atoms with Crippen LogP contribution in [0.1, 0.15) is 6.92 Å². The minimum Gasteiger partial charge on any atom is -0.428 e. The van der Waals surface area contributed by atoms with Crippen molar-refractivity contribution in [3.63, 3.8) is 0 Å². The molecule has 1 rings (SSSR count). The van der Waals surface area contributed by atoms with Gasteiger partial charge in [-0.05, 0) is 6.92 Å². The van der Waals surface area contributed by atoms with E-state index in [1.165, 1.54) is 5.01 Å². The summed E-state index contributed by atoms with van der Waals surface area (Å²) in [5.41, 5.74) is 0. The average Bonchev–Trinajstić information content (AvgIpc) is 1.98. The van der Waals surface area contributed by atoms with Crippen LogP contribution in [0.4, 0.5) is 4.79 Å². The van der Waals surface area contributed by atoms with E-state index in [4.69, 9.17) is 4.74 Å². The molecule has 0 spiro atoms. The van der Waals surface area contributed by atoms with E-state index in [2.05, 4.69) is 0 Å². The zero-order chi connectivity index (χ0) is 7.02. The number of ether oxygens (including phenoxy) is 1. The molecule has 0 radical (unpaired) electrons. The summed E-state index contributed by atoms with van der Waals surface area (Å²) < 4.78 is 4.80. The predicted octanol–water partition coefficient (Wildman–Crippen LogP) is 0.261. The molecule has 0 N–H and O–H groups in total. The smallest absolute Gasteiger partial charge is 0.425 e. The fraction of sp³-hybridized carbons (Fsp3) is 0.800. The number of carbonyl (C=O) groups excluding carboxylic acids is 1. The molecule has 0 aromatic rings. The Morgan fingerprint density at radius 2 is 2.11 bits per heavy atom. The van der Waals surface area contributed by atoms with Crippen molar-refractivity contribution in [2.75, 3.05) is 14.1 Å². The number of amides is 1. The summed E-state index contributed by atoms with van der Waals surface area (Å²) >= 11 is 0. The van der Waals surface area contributed by atoms with Crippen molar-refractivity contribution >= 4 is 6.09 Å². The predicted molar refractivity (Wildman–Crippen MR) is 31.5 cm³/mol. The van der Waals surface area contributed by atoms with Crippen LogP contribution in [0, 0.1) is 0 Å². The molecule has 9 heavy (non-hydrogen) atoms. The van der Waals surface area contributed by atoms with Gasteiger partial charge in [0.25, 0.3) is 0 Å². The van der Waals surface area contributed by atoms with Crippen molar-refractivity contribution in [2.45, 2.75) is 13.2 Å². The third kappa shape index (κ3) is 0.853. The molecule has 1 amide bonds. The van der Waals surface area contributed by atoms with Crippen molar-refractivity contribution < 1.29 is 9.53 Å². The minimum absolute atomic E-state index is 0.123. The fourth-order valence-electron chi connectivity index (χ4n) is 0.671. The highest BCUT2D eigenvalue weighted by Crippen LogP contribution is 2.11. The molecule has 0 saturated carbocycles. The van der Waals surface area contributed by atoms with Crippen molar-refractivity contribution in [2.24, 2.45) is 0 Å². The van der Waals surface area contributed by atoms with Crippen LogP contribution in [-0.4, -0.2) is 36.4 Å². The zero-order valence-electron chi connectivity index (χ0n) is 5.79. The second kappa shape index (κ2) is 1.88. The van der Waals surface area contributed by atoms with Crippen LogP contribution in [0.2, 0.25) is 0 Å². The standard InChI is InChI=1S/C5H10N2O2/c1-4-6(2)7(3)5(8)9-4/h4H,1-3H3. The van der Waals surface area contributed by atoms with E-state index in [0.29, 0.717) is 0 Å². The highest BCUT2D eigenvalue weighted by molar-refractivity contribution is 5.68. The molecule has 0 aromatic carbocycles. The number of hydrazine groups is 1. The van der Waals surface area contributed by atoms with Crippen molar-refractivity contribution in [1.29, 1.82) is 0 Å². The molecule has 1 aliphatic heterocycles. The Labute approximate surface area is 54.0 Å². The van der Waals surface area contributed by atoms with Crippen molar-refractivity contribution in [1.82, 2.24) is 10.0 Å². The Balaban J connectivity index is 2.65. The maximum atomic E-state index is 10.7. The lowest BCUT2D eigenvalue weighted by Crippen LogP contribution is -2.34. The molecule has 0 bridgehead atoms. The Hall–Kier alpha value is -0.770. The van der Waals surface area contributed by atoms with Crippen LogP contribution < -0.4 is 0 Å². The number of rotatable bonds is 0. The molecule has 1 saturated heterocycles. The first kappa shape index (κ1) is 6.35. The van der Waals surface area contributed by atoms with E-state index in [-0.39, 0.29) is 12.3 Å². The number of hydrogen-bond donors (Lipinski definition) is 0. The van der Waals surface area contributed by atoms with Crippen molar-refractivity contribution in [3.8, 4) is 0 Å². The molecule has 1 heterocycles. The van der Waals surface area contributed by atoms with Crippen LogP contribution >= 0.6 is 0 Å². The van der Waals surface area contributed by atoms with E-state index in [0.717, 1.165) is 0 Å².